The molecular formula is C32H32N4O2. The van der Waals surface area contributed by atoms with Gasteiger partial charge in [-0.3, -0.25) is 0 Å². The molecule has 0 saturated heterocycles. The predicted molar refractivity (Wildman–Crippen MR) is 151 cm³/mol. The van der Waals surface area contributed by atoms with E-state index in [-0.39, 0.29) is 0 Å². The lowest BCUT2D eigenvalue weighted by atomic mass is 10.1. The van der Waals surface area contributed by atoms with Crippen LogP contribution in [0.3, 0.4) is 0 Å². The van der Waals surface area contributed by atoms with Crippen LogP contribution < -0.4 is 4.90 Å². The van der Waals surface area contributed by atoms with Crippen molar-refractivity contribution in [3.05, 3.63) is 101 Å². The van der Waals surface area contributed by atoms with Crippen LogP contribution in [0.25, 0.3) is 17.1 Å². The topological polar surface area (TPSA) is 78.0 Å². The summed E-state index contributed by atoms with van der Waals surface area (Å²) in [6.45, 7) is 8.40. The predicted octanol–water partition coefficient (Wildman–Crippen LogP) is 8.94. The summed E-state index contributed by atoms with van der Waals surface area (Å²) < 4.78 is 11.8. The van der Waals surface area contributed by atoms with E-state index in [9.17, 15) is 5.26 Å². The highest BCUT2D eigenvalue weighted by molar-refractivity contribution is 5.78. The van der Waals surface area contributed by atoms with Gasteiger partial charge < -0.3 is 13.7 Å². The monoisotopic (exact) mass is 504 g/mol. The zero-order valence-electron chi connectivity index (χ0n) is 22.2. The number of nitriles is 1. The number of aryl methyl sites for hydroxylation is 1. The number of furan rings is 2. The summed E-state index contributed by atoms with van der Waals surface area (Å²) in [5.41, 5.74) is 7.06. The first-order valence-corrected chi connectivity index (χ1v) is 13.3. The molecule has 0 bridgehead atoms. The number of hydrogen-bond acceptors (Lipinski definition) is 6. The van der Waals surface area contributed by atoms with Crippen molar-refractivity contribution in [2.24, 2.45) is 10.2 Å². The van der Waals surface area contributed by atoms with Gasteiger partial charge in [0.05, 0.1) is 17.0 Å². The summed E-state index contributed by atoms with van der Waals surface area (Å²) in [6, 6.07) is 18.1. The Labute approximate surface area is 224 Å². The molecule has 2 aliphatic carbocycles. The number of allylic oxidation sites excluding steroid dienone is 7. The third-order valence-electron chi connectivity index (χ3n) is 6.87. The van der Waals surface area contributed by atoms with Gasteiger partial charge in [-0.1, -0.05) is 13.0 Å². The van der Waals surface area contributed by atoms with Gasteiger partial charge in [0.2, 0.25) is 0 Å². The standard InChI is InChI=1S/C32H32N4O2/c1-4-7-29-12-13-31(37-29)32-15-14-30(38-32)25(21-33)18-22-16-23-19-27(20-24(23)17-22)35-34-26-8-10-28(11-9-26)36(5-2)6-3/h8-16,18,20H,4-7,17,19H2,1-3H3/b25-18+,35-34+. The third-order valence-corrected chi connectivity index (χ3v) is 6.87. The second-order valence-electron chi connectivity index (χ2n) is 9.50. The molecule has 0 N–H and O–H groups in total. The molecule has 38 heavy (non-hydrogen) atoms. The highest BCUT2D eigenvalue weighted by Gasteiger charge is 2.21. The summed E-state index contributed by atoms with van der Waals surface area (Å²) in [4.78, 5) is 2.30. The molecule has 2 heterocycles. The van der Waals surface area contributed by atoms with Crippen molar-refractivity contribution in [1.82, 2.24) is 0 Å². The molecule has 5 rings (SSSR count). The van der Waals surface area contributed by atoms with Crippen molar-refractivity contribution in [2.75, 3.05) is 18.0 Å². The average Bonchev–Trinajstić information content (AvgIpc) is 3.72. The van der Waals surface area contributed by atoms with Gasteiger partial charge in [-0.15, -0.1) is 0 Å². The van der Waals surface area contributed by atoms with Crippen LogP contribution in [0.4, 0.5) is 11.4 Å². The number of anilines is 1. The molecule has 192 valence electrons. The van der Waals surface area contributed by atoms with Gasteiger partial charge in [-0.2, -0.15) is 15.5 Å². The molecular weight excluding hydrogens is 472 g/mol. The minimum Gasteiger partial charge on any atom is -0.458 e. The molecule has 0 saturated carbocycles. The summed E-state index contributed by atoms with van der Waals surface area (Å²) in [7, 11) is 0. The fourth-order valence-corrected chi connectivity index (χ4v) is 4.90. The Morgan fingerprint density at radius 1 is 0.895 bits per heavy atom. The second kappa shape index (κ2) is 11.4. The van der Waals surface area contributed by atoms with E-state index in [2.05, 4.69) is 66.3 Å². The van der Waals surface area contributed by atoms with E-state index < -0.39 is 0 Å². The van der Waals surface area contributed by atoms with Crippen molar-refractivity contribution < 1.29 is 8.83 Å². The van der Waals surface area contributed by atoms with Crippen molar-refractivity contribution in [3.8, 4) is 17.6 Å². The fourth-order valence-electron chi connectivity index (χ4n) is 4.90. The zero-order valence-corrected chi connectivity index (χ0v) is 22.2. The van der Waals surface area contributed by atoms with Crippen molar-refractivity contribution in [1.29, 1.82) is 5.26 Å². The maximum Gasteiger partial charge on any atom is 0.170 e. The molecule has 0 atom stereocenters. The minimum atomic E-state index is 0.501. The lowest BCUT2D eigenvalue weighted by molar-refractivity contribution is 0.487. The highest BCUT2D eigenvalue weighted by atomic mass is 16.4. The smallest absolute Gasteiger partial charge is 0.170 e. The number of benzene rings is 1. The van der Waals surface area contributed by atoms with Gasteiger partial charge in [0.1, 0.15) is 17.6 Å². The molecule has 2 aromatic heterocycles. The lowest BCUT2D eigenvalue weighted by Crippen LogP contribution is -2.21. The molecule has 0 radical (unpaired) electrons. The Hall–Kier alpha value is -4.37. The summed E-state index contributed by atoms with van der Waals surface area (Å²) in [5, 5.41) is 18.7. The van der Waals surface area contributed by atoms with Crippen molar-refractivity contribution in [3.63, 3.8) is 0 Å². The Bertz CT molecular complexity index is 1500. The van der Waals surface area contributed by atoms with E-state index >= 15 is 0 Å². The maximum absolute atomic E-state index is 9.81. The van der Waals surface area contributed by atoms with Crippen LogP contribution in [0, 0.1) is 11.3 Å². The molecule has 0 unspecified atom stereocenters. The van der Waals surface area contributed by atoms with E-state index in [0.717, 1.165) is 61.5 Å². The Morgan fingerprint density at radius 2 is 1.63 bits per heavy atom. The van der Waals surface area contributed by atoms with E-state index in [1.165, 1.54) is 16.8 Å². The molecule has 6 nitrogen and oxygen atoms in total. The van der Waals surface area contributed by atoms with Gasteiger partial charge in [0.25, 0.3) is 0 Å². The third kappa shape index (κ3) is 5.47. The van der Waals surface area contributed by atoms with Gasteiger partial charge in [0.15, 0.2) is 11.5 Å². The van der Waals surface area contributed by atoms with E-state index in [0.29, 0.717) is 22.9 Å². The quantitative estimate of drug-likeness (QED) is 0.204. The van der Waals surface area contributed by atoms with Crippen LogP contribution in [-0.2, 0) is 6.42 Å². The molecule has 3 aromatic rings. The van der Waals surface area contributed by atoms with Gasteiger partial charge in [-0.05, 0) is 104 Å². The van der Waals surface area contributed by atoms with Crippen molar-refractivity contribution >= 4 is 16.9 Å². The summed E-state index contributed by atoms with van der Waals surface area (Å²) in [5.74, 6) is 2.80. The molecule has 0 aliphatic heterocycles. The van der Waals surface area contributed by atoms with Gasteiger partial charge >= 0.3 is 0 Å². The first-order valence-electron chi connectivity index (χ1n) is 13.3. The van der Waals surface area contributed by atoms with Crippen LogP contribution in [0.2, 0.25) is 0 Å². The largest absolute Gasteiger partial charge is 0.458 e. The number of nitrogens with zero attached hydrogens (tertiary/aromatic N) is 4. The van der Waals surface area contributed by atoms with Crippen LogP contribution in [0.5, 0.6) is 0 Å². The fraction of sp³-hybridized carbons (Fsp3) is 0.281. The highest BCUT2D eigenvalue weighted by Crippen LogP contribution is 2.39. The zero-order chi connectivity index (χ0) is 26.5. The van der Waals surface area contributed by atoms with Gasteiger partial charge in [-0.25, -0.2) is 0 Å². The Morgan fingerprint density at radius 3 is 2.34 bits per heavy atom. The Kier molecular flexibility index (Phi) is 7.55. The number of hydrogen-bond donors (Lipinski definition) is 0. The molecule has 0 amide bonds. The molecule has 0 fully saturated rings. The normalized spacial score (nSPS) is 15.2. The minimum absolute atomic E-state index is 0.501. The lowest BCUT2D eigenvalue weighted by Gasteiger charge is -2.20. The van der Waals surface area contributed by atoms with Crippen LogP contribution in [0.15, 0.2) is 108 Å². The van der Waals surface area contributed by atoms with Gasteiger partial charge in [0, 0.05) is 31.6 Å². The van der Waals surface area contributed by atoms with Crippen LogP contribution >= 0.6 is 0 Å². The summed E-state index contributed by atoms with van der Waals surface area (Å²) >= 11 is 0. The number of rotatable bonds is 10. The molecule has 0 spiro atoms. The van der Waals surface area contributed by atoms with Crippen molar-refractivity contribution in [2.45, 2.75) is 46.5 Å². The first-order chi connectivity index (χ1) is 18.6. The second-order valence-corrected chi connectivity index (χ2v) is 9.50. The number of azo groups is 1. The van der Waals surface area contributed by atoms with Crippen LogP contribution in [-0.4, -0.2) is 13.1 Å². The first kappa shape index (κ1) is 25.3. The maximum atomic E-state index is 9.81. The van der Waals surface area contributed by atoms with Crippen LogP contribution in [0.1, 0.15) is 51.6 Å². The SMILES string of the molecule is CCCc1ccc(-c2ccc(/C(C#N)=C/C3=CC4=C(C=C(/N=N/c5ccc(N(CC)CC)cc5)C4)C3)o2)o1. The summed E-state index contributed by atoms with van der Waals surface area (Å²) in [6.07, 6.45) is 9.61. The Balaban J connectivity index is 1.21. The molecule has 2 aliphatic rings. The van der Waals surface area contributed by atoms with E-state index in [1.807, 2.05) is 42.5 Å². The average molecular weight is 505 g/mol. The molecule has 6 heteroatoms. The molecule has 1 aromatic carbocycles. The van der Waals surface area contributed by atoms with E-state index in [4.69, 9.17) is 8.83 Å². The van der Waals surface area contributed by atoms with E-state index in [1.54, 1.807) is 0 Å².